The second-order valence-electron chi connectivity index (χ2n) is 6.29. The van der Waals surface area contributed by atoms with Gasteiger partial charge in [0.25, 0.3) is 0 Å². The van der Waals surface area contributed by atoms with E-state index in [4.69, 9.17) is 0 Å². The highest BCUT2D eigenvalue weighted by molar-refractivity contribution is 9.09. The standard InChI is InChI=1S/C14H21BrO/c1-5-6-14-8-13(3,4)12(15)10(14)7-11(16)9(14)2/h5,9-10,12H,1,6-8H2,2-4H3/t9-,10+,12+,14+/m0/s1. The molecule has 2 heteroatoms. The number of halogens is 1. The zero-order valence-corrected chi connectivity index (χ0v) is 12.0. The number of rotatable bonds is 2. The topological polar surface area (TPSA) is 17.1 Å². The van der Waals surface area contributed by atoms with Gasteiger partial charge in [-0.25, -0.2) is 0 Å². The molecule has 0 aromatic carbocycles. The van der Waals surface area contributed by atoms with Gasteiger partial charge in [0.1, 0.15) is 5.78 Å². The van der Waals surface area contributed by atoms with Crippen LogP contribution in [0.25, 0.3) is 0 Å². The van der Waals surface area contributed by atoms with Crippen molar-refractivity contribution in [3.8, 4) is 0 Å². The van der Waals surface area contributed by atoms with Gasteiger partial charge in [-0.2, -0.15) is 0 Å². The number of allylic oxidation sites excluding steroid dienone is 1. The Balaban J connectivity index is 2.42. The van der Waals surface area contributed by atoms with Crippen molar-refractivity contribution in [2.24, 2.45) is 22.7 Å². The number of carbonyl (C=O) groups is 1. The Hall–Kier alpha value is -0.110. The van der Waals surface area contributed by atoms with Crippen molar-refractivity contribution >= 4 is 21.7 Å². The van der Waals surface area contributed by atoms with E-state index >= 15 is 0 Å². The van der Waals surface area contributed by atoms with E-state index in [2.05, 4.69) is 43.3 Å². The van der Waals surface area contributed by atoms with Gasteiger partial charge in [-0.1, -0.05) is 42.8 Å². The summed E-state index contributed by atoms with van der Waals surface area (Å²) in [5, 5.41) is 0. The molecule has 2 fully saturated rings. The highest BCUT2D eigenvalue weighted by Gasteiger charge is 2.62. The molecule has 0 saturated heterocycles. The summed E-state index contributed by atoms with van der Waals surface area (Å²) in [6.45, 7) is 10.6. The van der Waals surface area contributed by atoms with E-state index in [1.54, 1.807) is 0 Å². The van der Waals surface area contributed by atoms with Crippen LogP contribution in [-0.4, -0.2) is 10.6 Å². The number of hydrogen-bond donors (Lipinski definition) is 0. The number of Topliss-reactive ketones (excluding diaryl/α,β-unsaturated/α-hetero) is 1. The van der Waals surface area contributed by atoms with E-state index in [0.29, 0.717) is 21.9 Å². The van der Waals surface area contributed by atoms with Gasteiger partial charge in [0, 0.05) is 17.2 Å². The fourth-order valence-electron chi connectivity index (χ4n) is 4.08. The molecule has 0 spiro atoms. The second-order valence-corrected chi connectivity index (χ2v) is 7.28. The average Bonchev–Trinajstić information content (AvgIpc) is 2.52. The lowest BCUT2D eigenvalue weighted by Gasteiger charge is -2.33. The minimum absolute atomic E-state index is 0.177. The lowest BCUT2D eigenvalue weighted by Crippen LogP contribution is -2.29. The van der Waals surface area contributed by atoms with Crippen LogP contribution in [0.5, 0.6) is 0 Å². The molecule has 0 radical (unpaired) electrons. The van der Waals surface area contributed by atoms with Crippen molar-refractivity contribution in [1.82, 2.24) is 0 Å². The average molecular weight is 285 g/mol. The fourth-order valence-corrected chi connectivity index (χ4v) is 4.95. The molecule has 90 valence electrons. The van der Waals surface area contributed by atoms with Crippen LogP contribution in [0.1, 0.15) is 40.0 Å². The second kappa shape index (κ2) is 3.69. The monoisotopic (exact) mass is 284 g/mol. The fraction of sp³-hybridized carbons (Fsp3) is 0.786. The van der Waals surface area contributed by atoms with Crippen molar-refractivity contribution in [2.45, 2.75) is 44.9 Å². The van der Waals surface area contributed by atoms with E-state index in [9.17, 15) is 4.79 Å². The van der Waals surface area contributed by atoms with Gasteiger partial charge in [0.2, 0.25) is 0 Å². The largest absolute Gasteiger partial charge is 0.299 e. The minimum Gasteiger partial charge on any atom is -0.299 e. The van der Waals surface area contributed by atoms with Crippen LogP contribution in [-0.2, 0) is 4.79 Å². The summed E-state index contributed by atoms with van der Waals surface area (Å²) in [5.41, 5.74) is 0.471. The van der Waals surface area contributed by atoms with E-state index in [-0.39, 0.29) is 11.3 Å². The first kappa shape index (κ1) is 12.3. The molecule has 1 nitrogen and oxygen atoms in total. The summed E-state index contributed by atoms with van der Waals surface area (Å²) in [6, 6.07) is 0. The third kappa shape index (κ3) is 1.45. The maximum Gasteiger partial charge on any atom is 0.136 e. The van der Waals surface area contributed by atoms with Crippen LogP contribution in [0.3, 0.4) is 0 Å². The van der Waals surface area contributed by atoms with Crippen molar-refractivity contribution in [3.05, 3.63) is 12.7 Å². The van der Waals surface area contributed by atoms with E-state index in [1.165, 1.54) is 0 Å². The highest BCUT2D eigenvalue weighted by atomic mass is 79.9. The molecule has 2 aliphatic carbocycles. The Morgan fingerprint density at radius 3 is 2.75 bits per heavy atom. The summed E-state index contributed by atoms with van der Waals surface area (Å²) < 4.78 is 0. The number of hydrogen-bond acceptors (Lipinski definition) is 1. The Morgan fingerprint density at radius 2 is 2.19 bits per heavy atom. The van der Waals surface area contributed by atoms with Gasteiger partial charge in [-0.15, -0.1) is 6.58 Å². The molecule has 0 bridgehead atoms. The summed E-state index contributed by atoms with van der Waals surface area (Å²) in [4.78, 5) is 12.4. The lowest BCUT2D eigenvalue weighted by molar-refractivity contribution is -0.122. The minimum atomic E-state index is 0.177. The van der Waals surface area contributed by atoms with Crippen LogP contribution in [0, 0.1) is 22.7 Å². The normalized spacial score (nSPS) is 45.8. The molecule has 0 amide bonds. The zero-order chi connectivity index (χ0) is 12.1. The molecule has 0 heterocycles. The van der Waals surface area contributed by atoms with Gasteiger partial charge < -0.3 is 0 Å². The Kier molecular flexibility index (Phi) is 2.85. The first-order chi connectivity index (χ1) is 7.35. The van der Waals surface area contributed by atoms with Crippen LogP contribution in [0.2, 0.25) is 0 Å². The third-order valence-electron chi connectivity index (χ3n) is 4.91. The molecular formula is C14H21BrO. The zero-order valence-electron chi connectivity index (χ0n) is 10.4. The summed E-state index contributed by atoms with van der Waals surface area (Å²) in [7, 11) is 0. The molecule has 0 aromatic heterocycles. The molecule has 0 aliphatic heterocycles. The van der Waals surface area contributed by atoms with E-state index in [0.717, 1.165) is 19.3 Å². The maximum absolute atomic E-state index is 12.0. The van der Waals surface area contributed by atoms with Crippen molar-refractivity contribution < 1.29 is 4.79 Å². The molecule has 4 atom stereocenters. The van der Waals surface area contributed by atoms with Gasteiger partial charge in [-0.3, -0.25) is 4.79 Å². The number of fused-ring (bicyclic) bond motifs is 1. The summed E-state index contributed by atoms with van der Waals surface area (Å²) in [5.74, 6) is 1.16. The van der Waals surface area contributed by atoms with Gasteiger partial charge >= 0.3 is 0 Å². The number of ketones is 1. The third-order valence-corrected chi connectivity index (χ3v) is 6.79. The van der Waals surface area contributed by atoms with Gasteiger partial charge in [0.15, 0.2) is 0 Å². The van der Waals surface area contributed by atoms with Gasteiger partial charge in [0.05, 0.1) is 0 Å². The van der Waals surface area contributed by atoms with Crippen molar-refractivity contribution in [3.63, 3.8) is 0 Å². The Bertz CT molecular complexity index is 334. The molecule has 2 saturated carbocycles. The smallest absolute Gasteiger partial charge is 0.136 e. The van der Waals surface area contributed by atoms with Crippen molar-refractivity contribution in [1.29, 1.82) is 0 Å². The molecule has 0 N–H and O–H groups in total. The van der Waals surface area contributed by atoms with Crippen molar-refractivity contribution in [2.75, 3.05) is 0 Å². The Labute approximate surface area is 107 Å². The first-order valence-electron chi connectivity index (χ1n) is 6.13. The first-order valence-corrected chi connectivity index (χ1v) is 7.04. The van der Waals surface area contributed by atoms with Crippen LogP contribution >= 0.6 is 15.9 Å². The molecule has 2 aliphatic rings. The SMILES string of the molecule is C=CC[C@]12CC(C)(C)[C@H](Br)[C@H]1CC(=O)[C@@H]2C. The summed E-state index contributed by atoms with van der Waals surface area (Å²) >= 11 is 3.84. The quantitative estimate of drug-likeness (QED) is 0.554. The van der Waals surface area contributed by atoms with Crippen LogP contribution in [0.15, 0.2) is 12.7 Å². The number of carbonyl (C=O) groups excluding carboxylic acids is 1. The highest BCUT2D eigenvalue weighted by Crippen LogP contribution is 2.65. The summed E-state index contributed by atoms with van der Waals surface area (Å²) in [6.07, 6.45) is 4.88. The molecule has 16 heavy (non-hydrogen) atoms. The van der Waals surface area contributed by atoms with Crippen LogP contribution in [0.4, 0.5) is 0 Å². The maximum atomic E-state index is 12.0. The molecule has 0 aromatic rings. The van der Waals surface area contributed by atoms with Gasteiger partial charge in [-0.05, 0) is 29.6 Å². The van der Waals surface area contributed by atoms with Crippen LogP contribution < -0.4 is 0 Å². The molecular weight excluding hydrogens is 264 g/mol. The molecule has 2 rings (SSSR count). The van der Waals surface area contributed by atoms with E-state index < -0.39 is 0 Å². The number of alkyl halides is 1. The predicted molar refractivity (Wildman–Crippen MR) is 70.6 cm³/mol. The van der Waals surface area contributed by atoms with E-state index in [1.807, 2.05) is 6.08 Å². The molecule has 0 unspecified atom stereocenters. The Morgan fingerprint density at radius 1 is 1.56 bits per heavy atom. The lowest BCUT2D eigenvalue weighted by atomic mass is 9.70. The predicted octanol–water partition coefficient (Wildman–Crippen LogP) is 3.97.